The fraction of sp³-hybridized carbons (Fsp3) is 0.800. The first-order valence-electron chi connectivity index (χ1n) is 12.4. The summed E-state index contributed by atoms with van der Waals surface area (Å²) in [6.07, 6.45) is -0.753. The molecule has 36 heavy (non-hydrogen) atoms. The number of hydrogen-bond donors (Lipinski definition) is 5. The molecule has 11 heteroatoms. The molecule has 0 radical (unpaired) electrons. The Hall–Kier alpha value is -2.85. The van der Waals surface area contributed by atoms with E-state index in [0.717, 1.165) is 0 Å². The lowest BCUT2D eigenvalue weighted by atomic mass is 9.97. The van der Waals surface area contributed by atoms with E-state index in [2.05, 4.69) is 21.3 Å². The maximum atomic E-state index is 13.2. The van der Waals surface area contributed by atoms with Gasteiger partial charge in [0, 0.05) is 0 Å². The van der Waals surface area contributed by atoms with E-state index in [4.69, 9.17) is 4.74 Å². The highest BCUT2D eigenvalue weighted by molar-refractivity contribution is 5.95. The van der Waals surface area contributed by atoms with Crippen LogP contribution in [0, 0.1) is 23.7 Å². The van der Waals surface area contributed by atoms with Crippen molar-refractivity contribution in [1.82, 2.24) is 21.3 Å². The van der Waals surface area contributed by atoms with Crippen molar-refractivity contribution in [2.75, 3.05) is 0 Å². The Bertz CT molecular complexity index is 788. The molecule has 0 aromatic carbocycles. The van der Waals surface area contributed by atoms with E-state index in [1.165, 1.54) is 0 Å². The zero-order chi connectivity index (χ0) is 28.5. The topological polar surface area (TPSA) is 163 Å². The molecule has 0 aliphatic carbocycles. The summed E-state index contributed by atoms with van der Waals surface area (Å²) < 4.78 is 5.24. The SMILES string of the molecule is CC(C)C(NC(=O)C(NC(=O)C(NC(=O)C(NC(=O)OC(C)(C)C)C(C)C)C(C)C)C(C)C)C(=O)O. The second kappa shape index (κ2) is 14.0. The zero-order valence-electron chi connectivity index (χ0n) is 23.5. The summed E-state index contributed by atoms with van der Waals surface area (Å²) in [5.74, 6) is -4.31. The number of nitrogens with one attached hydrogen (secondary N) is 4. The third-order valence-corrected chi connectivity index (χ3v) is 5.35. The summed E-state index contributed by atoms with van der Waals surface area (Å²) in [7, 11) is 0. The molecule has 4 unspecified atom stereocenters. The highest BCUT2D eigenvalue weighted by atomic mass is 16.6. The third-order valence-electron chi connectivity index (χ3n) is 5.35. The van der Waals surface area contributed by atoms with Crippen molar-refractivity contribution in [3.8, 4) is 0 Å². The van der Waals surface area contributed by atoms with E-state index < -0.39 is 59.6 Å². The average molecular weight is 515 g/mol. The molecular weight excluding hydrogens is 468 g/mol. The molecular formula is C25H46N4O7. The van der Waals surface area contributed by atoms with Gasteiger partial charge in [0.1, 0.15) is 29.8 Å². The first kappa shape index (κ1) is 33.1. The summed E-state index contributed by atoms with van der Waals surface area (Å²) in [5.41, 5.74) is -0.746. The minimum atomic E-state index is -1.17. The predicted octanol–water partition coefficient (Wildman–Crippen LogP) is 2.04. The van der Waals surface area contributed by atoms with E-state index in [9.17, 15) is 29.1 Å². The number of carboxylic acids is 1. The lowest BCUT2D eigenvalue weighted by molar-refractivity contribution is -0.144. The molecule has 0 saturated carbocycles. The summed E-state index contributed by atoms with van der Waals surface area (Å²) in [5, 5.41) is 19.8. The summed E-state index contributed by atoms with van der Waals surface area (Å²) in [6, 6.07) is -4.09. The molecule has 0 spiro atoms. The lowest BCUT2D eigenvalue weighted by Gasteiger charge is -2.30. The van der Waals surface area contributed by atoms with Crippen LogP contribution < -0.4 is 21.3 Å². The van der Waals surface area contributed by atoms with Gasteiger partial charge in [-0.25, -0.2) is 9.59 Å². The van der Waals surface area contributed by atoms with Gasteiger partial charge in [0.25, 0.3) is 0 Å². The van der Waals surface area contributed by atoms with Crippen molar-refractivity contribution in [2.45, 2.75) is 106 Å². The van der Waals surface area contributed by atoms with Crippen molar-refractivity contribution in [3.05, 3.63) is 0 Å². The van der Waals surface area contributed by atoms with Gasteiger partial charge >= 0.3 is 12.1 Å². The number of hydrogen-bond acceptors (Lipinski definition) is 6. The van der Waals surface area contributed by atoms with Gasteiger partial charge in [-0.3, -0.25) is 14.4 Å². The fourth-order valence-electron chi connectivity index (χ4n) is 3.28. The number of alkyl carbamates (subject to hydrolysis) is 1. The molecule has 0 aromatic rings. The standard InChI is InChI=1S/C25H46N4O7/c1-12(2)16(27-22(32)18(14(5)6)29-24(35)36-25(9,10)11)20(30)26-17(13(3)4)21(31)28-19(15(7)8)23(33)34/h12-19H,1-11H3,(H,26,30)(H,27,32)(H,28,31)(H,29,35)(H,33,34). The fourth-order valence-corrected chi connectivity index (χ4v) is 3.28. The monoisotopic (exact) mass is 514 g/mol. The minimum absolute atomic E-state index is 0.299. The number of carboxylic acid groups (broad SMARTS) is 1. The van der Waals surface area contributed by atoms with E-state index >= 15 is 0 Å². The second-order valence-electron chi connectivity index (χ2n) is 11.4. The normalized spacial score (nSPS) is 15.2. The number of aliphatic carboxylic acids is 1. The Morgan fingerprint density at radius 2 is 0.833 bits per heavy atom. The van der Waals surface area contributed by atoms with Crippen molar-refractivity contribution in [2.24, 2.45) is 23.7 Å². The molecule has 11 nitrogen and oxygen atoms in total. The Kier molecular flexibility index (Phi) is 12.9. The number of carbonyl (C=O) groups excluding carboxylic acids is 4. The highest BCUT2D eigenvalue weighted by Gasteiger charge is 2.35. The molecule has 5 N–H and O–H groups in total. The van der Waals surface area contributed by atoms with Crippen LogP contribution >= 0.6 is 0 Å². The molecule has 0 bridgehead atoms. The summed E-state index contributed by atoms with van der Waals surface area (Å²) >= 11 is 0. The largest absolute Gasteiger partial charge is 0.480 e. The van der Waals surface area contributed by atoms with Gasteiger partial charge < -0.3 is 31.1 Å². The molecule has 0 heterocycles. The van der Waals surface area contributed by atoms with Gasteiger partial charge in [-0.05, 0) is 44.4 Å². The van der Waals surface area contributed by atoms with Crippen LogP contribution in [0.3, 0.4) is 0 Å². The van der Waals surface area contributed by atoms with Crippen LogP contribution in [-0.4, -0.2) is 64.7 Å². The van der Waals surface area contributed by atoms with E-state index in [1.807, 2.05) is 0 Å². The van der Waals surface area contributed by atoms with Crippen molar-refractivity contribution < 1.29 is 33.8 Å². The van der Waals surface area contributed by atoms with Gasteiger partial charge in [0.2, 0.25) is 17.7 Å². The molecule has 0 saturated heterocycles. The molecule has 0 aromatic heterocycles. The highest BCUT2D eigenvalue weighted by Crippen LogP contribution is 2.12. The Morgan fingerprint density at radius 1 is 0.556 bits per heavy atom. The quantitative estimate of drug-likeness (QED) is 0.266. The second-order valence-corrected chi connectivity index (χ2v) is 11.4. The summed E-state index contributed by atoms with van der Waals surface area (Å²) in [6.45, 7) is 18.9. The number of carbonyl (C=O) groups is 5. The van der Waals surface area contributed by atoms with E-state index in [0.29, 0.717) is 0 Å². The molecule has 4 amide bonds. The van der Waals surface area contributed by atoms with Crippen molar-refractivity contribution in [3.63, 3.8) is 0 Å². The van der Waals surface area contributed by atoms with Gasteiger partial charge in [-0.15, -0.1) is 0 Å². The molecule has 0 aliphatic rings. The van der Waals surface area contributed by atoms with Crippen molar-refractivity contribution in [1.29, 1.82) is 0 Å². The number of amides is 4. The van der Waals surface area contributed by atoms with Crippen LogP contribution in [0.2, 0.25) is 0 Å². The minimum Gasteiger partial charge on any atom is -0.480 e. The molecule has 208 valence electrons. The third kappa shape index (κ3) is 11.3. The first-order chi connectivity index (χ1) is 16.3. The van der Waals surface area contributed by atoms with Gasteiger partial charge in [-0.1, -0.05) is 55.4 Å². The van der Waals surface area contributed by atoms with E-state index in [-0.39, 0.29) is 23.7 Å². The molecule has 0 rings (SSSR count). The van der Waals surface area contributed by atoms with Crippen molar-refractivity contribution >= 4 is 29.8 Å². The molecule has 0 aliphatic heterocycles. The zero-order valence-corrected chi connectivity index (χ0v) is 23.5. The van der Waals surface area contributed by atoms with Crippen LogP contribution in [0.15, 0.2) is 0 Å². The Balaban J connectivity index is 5.61. The van der Waals surface area contributed by atoms with Gasteiger partial charge in [0.15, 0.2) is 0 Å². The van der Waals surface area contributed by atoms with Crippen LogP contribution in [0.1, 0.15) is 76.2 Å². The average Bonchev–Trinajstić information content (AvgIpc) is 2.69. The summed E-state index contributed by atoms with van der Waals surface area (Å²) in [4.78, 5) is 62.8. The van der Waals surface area contributed by atoms with Gasteiger partial charge in [0.05, 0.1) is 0 Å². The van der Waals surface area contributed by atoms with Gasteiger partial charge in [-0.2, -0.15) is 0 Å². The van der Waals surface area contributed by atoms with Crippen LogP contribution in [0.4, 0.5) is 4.79 Å². The maximum Gasteiger partial charge on any atom is 0.408 e. The Labute approximate surface area is 214 Å². The number of rotatable bonds is 12. The van der Waals surface area contributed by atoms with Crippen LogP contribution in [0.25, 0.3) is 0 Å². The van der Waals surface area contributed by atoms with Crippen LogP contribution in [-0.2, 0) is 23.9 Å². The van der Waals surface area contributed by atoms with Crippen LogP contribution in [0.5, 0.6) is 0 Å². The number of ether oxygens (including phenoxy) is 1. The lowest BCUT2D eigenvalue weighted by Crippen LogP contribution is -2.61. The van der Waals surface area contributed by atoms with E-state index in [1.54, 1.807) is 76.2 Å². The molecule has 4 atom stereocenters. The first-order valence-corrected chi connectivity index (χ1v) is 12.4. The molecule has 0 fully saturated rings. The smallest absolute Gasteiger partial charge is 0.408 e. The Morgan fingerprint density at radius 3 is 1.08 bits per heavy atom. The predicted molar refractivity (Wildman–Crippen MR) is 136 cm³/mol. The maximum absolute atomic E-state index is 13.2.